The molecular formula is C17H19N5O4. The lowest BCUT2D eigenvalue weighted by atomic mass is 10.1. The van der Waals surface area contributed by atoms with Crippen LogP contribution >= 0.6 is 0 Å². The van der Waals surface area contributed by atoms with Gasteiger partial charge in [0.1, 0.15) is 6.04 Å². The van der Waals surface area contributed by atoms with E-state index in [2.05, 4.69) is 9.72 Å². The molecule has 1 atom stereocenters. The van der Waals surface area contributed by atoms with Gasteiger partial charge in [-0.05, 0) is 24.1 Å². The first-order valence-electron chi connectivity index (χ1n) is 7.91. The molecule has 0 fully saturated rings. The molecule has 3 rings (SSSR count). The molecule has 9 heteroatoms. The number of aryl methyl sites for hydroxylation is 2. The monoisotopic (exact) mass is 357 g/mol. The summed E-state index contributed by atoms with van der Waals surface area (Å²) in [5, 5.41) is 0. The highest BCUT2D eigenvalue weighted by Gasteiger charge is 2.17. The number of carbonyl (C=O) groups excluding carboxylic acids is 1. The van der Waals surface area contributed by atoms with Gasteiger partial charge in [-0.25, -0.2) is 14.3 Å². The van der Waals surface area contributed by atoms with Crippen molar-refractivity contribution in [1.82, 2.24) is 18.7 Å². The molecule has 0 unspecified atom stereocenters. The number of carbonyl (C=O) groups is 1. The van der Waals surface area contributed by atoms with E-state index < -0.39 is 23.3 Å². The highest BCUT2D eigenvalue weighted by Crippen LogP contribution is 2.10. The molecule has 0 amide bonds. The molecule has 2 aromatic heterocycles. The molecule has 1 aromatic carbocycles. The minimum Gasteiger partial charge on any atom is -0.468 e. The number of imidazole rings is 1. The summed E-state index contributed by atoms with van der Waals surface area (Å²) in [6.07, 6.45) is 1.79. The average Bonchev–Trinajstić information content (AvgIpc) is 3.02. The van der Waals surface area contributed by atoms with E-state index in [4.69, 9.17) is 5.73 Å². The minimum atomic E-state index is -0.771. The van der Waals surface area contributed by atoms with E-state index in [1.807, 2.05) is 0 Å². The summed E-state index contributed by atoms with van der Waals surface area (Å²) >= 11 is 0. The van der Waals surface area contributed by atoms with E-state index in [1.165, 1.54) is 18.0 Å². The number of fused-ring (bicyclic) bond motifs is 1. The van der Waals surface area contributed by atoms with Gasteiger partial charge in [0.15, 0.2) is 11.2 Å². The van der Waals surface area contributed by atoms with E-state index >= 15 is 0 Å². The maximum absolute atomic E-state index is 12.8. The second kappa shape index (κ2) is 6.60. The Balaban J connectivity index is 2.05. The third-order valence-electron chi connectivity index (χ3n) is 4.27. The number of methoxy groups -OCH3 is 1. The zero-order chi connectivity index (χ0) is 19.0. The van der Waals surface area contributed by atoms with E-state index in [0.717, 1.165) is 10.1 Å². The number of nitrogens with two attached hydrogens (primary N) is 1. The lowest BCUT2D eigenvalue weighted by Crippen LogP contribution is -2.38. The summed E-state index contributed by atoms with van der Waals surface area (Å²) in [7, 11) is 4.54. The highest BCUT2D eigenvalue weighted by molar-refractivity contribution is 5.75. The number of ether oxygens (including phenoxy) is 1. The second-order valence-corrected chi connectivity index (χ2v) is 6.01. The first-order valence-corrected chi connectivity index (χ1v) is 7.91. The lowest BCUT2D eigenvalue weighted by Gasteiger charge is -2.11. The number of benzene rings is 1. The molecule has 0 aliphatic rings. The maximum Gasteiger partial charge on any atom is 0.337 e. The first-order chi connectivity index (χ1) is 12.3. The fourth-order valence-corrected chi connectivity index (χ4v) is 2.84. The van der Waals surface area contributed by atoms with Gasteiger partial charge < -0.3 is 15.0 Å². The Hall–Kier alpha value is -3.20. The molecular weight excluding hydrogens is 338 g/mol. The van der Waals surface area contributed by atoms with Gasteiger partial charge in [0.25, 0.3) is 5.56 Å². The molecule has 26 heavy (non-hydrogen) atoms. The Morgan fingerprint density at radius 2 is 1.88 bits per heavy atom. The van der Waals surface area contributed by atoms with Crippen LogP contribution < -0.4 is 17.0 Å². The van der Waals surface area contributed by atoms with Crippen LogP contribution in [0.2, 0.25) is 0 Å². The van der Waals surface area contributed by atoms with Gasteiger partial charge in [0.2, 0.25) is 0 Å². The standard InChI is InChI=1S/C17H19N5O4/c1-20-9-19-14-13(20)15(23)22(17(25)21(14)2)11-6-4-10(5-7-11)8-12(18)16(24)26-3/h4-7,9,12H,8,18H2,1-3H3/t12-/m0/s1. The van der Waals surface area contributed by atoms with Crippen molar-refractivity contribution in [3.63, 3.8) is 0 Å². The van der Waals surface area contributed by atoms with Crippen molar-refractivity contribution in [3.8, 4) is 5.69 Å². The summed E-state index contributed by atoms with van der Waals surface area (Å²) in [5.41, 5.74) is 6.71. The van der Waals surface area contributed by atoms with Gasteiger partial charge >= 0.3 is 11.7 Å². The van der Waals surface area contributed by atoms with Crippen molar-refractivity contribution in [2.75, 3.05) is 7.11 Å². The van der Waals surface area contributed by atoms with Gasteiger partial charge in [0, 0.05) is 14.1 Å². The smallest absolute Gasteiger partial charge is 0.337 e. The Kier molecular flexibility index (Phi) is 4.47. The van der Waals surface area contributed by atoms with E-state index in [1.54, 1.807) is 42.9 Å². The number of rotatable bonds is 4. The lowest BCUT2D eigenvalue weighted by molar-refractivity contribution is -0.142. The molecule has 0 saturated carbocycles. The molecule has 0 bridgehead atoms. The van der Waals surface area contributed by atoms with E-state index in [0.29, 0.717) is 23.3 Å². The topological polar surface area (TPSA) is 114 Å². The molecule has 0 aliphatic carbocycles. The molecule has 9 nitrogen and oxygen atoms in total. The SMILES string of the molecule is COC(=O)[C@@H](N)Cc1ccc(-n2c(=O)c3c(ncn3C)n(C)c2=O)cc1. The predicted molar refractivity (Wildman–Crippen MR) is 95.2 cm³/mol. The minimum absolute atomic E-state index is 0.292. The second-order valence-electron chi connectivity index (χ2n) is 6.01. The molecule has 3 aromatic rings. The van der Waals surface area contributed by atoms with E-state index in [9.17, 15) is 14.4 Å². The number of hydrogen-bond donors (Lipinski definition) is 1. The Labute approximate surface area is 148 Å². The summed E-state index contributed by atoms with van der Waals surface area (Å²) in [6.45, 7) is 0. The Bertz CT molecular complexity index is 1090. The van der Waals surface area contributed by atoms with Crippen molar-refractivity contribution < 1.29 is 9.53 Å². The highest BCUT2D eigenvalue weighted by atomic mass is 16.5. The zero-order valence-electron chi connectivity index (χ0n) is 14.7. The van der Waals surface area contributed by atoms with Gasteiger partial charge in [-0.15, -0.1) is 0 Å². The molecule has 2 N–H and O–H groups in total. The van der Waals surface area contributed by atoms with E-state index in [-0.39, 0.29) is 0 Å². The third-order valence-corrected chi connectivity index (χ3v) is 4.27. The summed E-state index contributed by atoms with van der Waals surface area (Å²) in [4.78, 5) is 40.9. The van der Waals surface area contributed by atoms with Gasteiger partial charge in [0.05, 0.1) is 19.1 Å². The molecule has 136 valence electrons. The van der Waals surface area contributed by atoms with Crippen LogP contribution in [0.3, 0.4) is 0 Å². The van der Waals surface area contributed by atoms with Crippen LogP contribution in [-0.4, -0.2) is 37.8 Å². The van der Waals surface area contributed by atoms with Crippen molar-refractivity contribution in [1.29, 1.82) is 0 Å². The van der Waals surface area contributed by atoms with Crippen molar-refractivity contribution in [3.05, 3.63) is 57.0 Å². The van der Waals surface area contributed by atoms with Crippen LogP contribution in [0.15, 0.2) is 40.2 Å². The van der Waals surface area contributed by atoms with Crippen LogP contribution in [0.4, 0.5) is 0 Å². The van der Waals surface area contributed by atoms with Crippen LogP contribution in [0.1, 0.15) is 5.56 Å². The predicted octanol–water partition coefficient (Wildman–Crippen LogP) is -0.534. The number of esters is 1. The maximum atomic E-state index is 12.8. The molecule has 0 spiro atoms. The first kappa shape index (κ1) is 17.6. The fourth-order valence-electron chi connectivity index (χ4n) is 2.84. The normalized spacial score (nSPS) is 12.3. The largest absolute Gasteiger partial charge is 0.468 e. The van der Waals surface area contributed by atoms with Crippen LogP contribution in [0.25, 0.3) is 16.9 Å². The zero-order valence-corrected chi connectivity index (χ0v) is 14.7. The van der Waals surface area contributed by atoms with Crippen molar-refractivity contribution >= 4 is 17.1 Å². The van der Waals surface area contributed by atoms with Crippen LogP contribution in [0, 0.1) is 0 Å². The fraction of sp³-hybridized carbons (Fsp3) is 0.294. The number of nitrogens with zero attached hydrogens (tertiary/aromatic N) is 4. The van der Waals surface area contributed by atoms with Crippen molar-refractivity contribution in [2.24, 2.45) is 19.8 Å². The molecule has 0 radical (unpaired) electrons. The van der Waals surface area contributed by atoms with Crippen LogP contribution in [0.5, 0.6) is 0 Å². The average molecular weight is 357 g/mol. The van der Waals surface area contributed by atoms with Gasteiger partial charge in [-0.1, -0.05) is 12.1 Å². The molecule has 0 saturated heterocycles. The van der Waals surface area contributed by atoms with Gasteiger partial charge in [-0.3, -0.25) is 14.2 Å². The number of hydrogen-bond acceptors (Lipinski definition) is 6. The van der Waals surface area contributed by atoms with Gasteiger partial charge in [-0.2, -0.15) is 0 Å². The summed E-state index contributed by atoms with van der Waals surface area (Å²) in [5.74, 6) is -0.499. The molecule has 2 heterocycles. The Morgan fingerprint density at radius 1 is 1.23 bits per heavy atom. The molecule has 0 aliphatic heterocycles. The quantitative estimate of drug-likeness (QED) is 0.628. The van der Waals surface area contributed by atoms with Crippen molar-refractivity contribution in [2.45, 2.75) is 12.5 Å². The summed E-state index contributed by atoms with van der Waals surface area (Å²) < 4.78 is 8.61. The number of aromatic nitrogens is 4. The third kappa shape index (κ3) is 2.82. The summed E-state index contributed by atoms with van der Waals surface area (Å²) in [6, 6.07) is 5.95. The van der Waals surface area contributed by atoms with Crippen LogP contribution in [-0.2, 0) is 30.0 Å². The Morgan fingerprint density at radius 3 is 2.50 bits per heavy atom.